The number of rotatable bonds is 4. The van der Waals surface area contributed by atoms with E-state index in [0.29, 0.717) is 5.75 Å². The number of methoxy groups -OCH3 is 1. The van der Waals surface area contributed by atoms with E-state index in [-0.39, 0.29) is 6.04 Å². The van der Waals surface area contributed by atoms with Gasteiger partial charge in [0.15, 0.2) is 0 Å². The van der Waals surface area contributed by atoms with Gasteiger partial charge in [0.1, 0.15) is 11.5 Å². The number of nitrogens with one attached hydrogen (secondary N) is 1. The summed E-state index contributed by atoms with van der Waals surface area (Å²) >= 11 is 0. The molecule has 0 fully saturated rings. The molecule has 3 aromatic carbocycles. The molecule has 0 aliphatic carbocycles. The van der Waals surface area contributed by atoms with Crippen LogP contribution in [0.2, 0.25) is 0 Å². The molecular formula is C19H19NO2. The first-order valence-corrected chi connectivity index (χ1v) is 7.30. The van der Waals surface area contributed by atoms with Crippen LogP contribution < -0.4 is 10.1 Å². The summed E-state index contributed by atoms with van der Waals surface area (Å²) in [5.41, 5.74) is 1.83. The first-order chi connectivity index (χ1) is 10.7. The number of phenolic OH excluding ortho intramolecular Hbond substituents is 1. The summed E-state index contributed by atoms with van der Waals surface area (Å²) < 4.78 is 5.23. The Morgan fingerprint density at radius 1 is 1.00 bits per heavy atom. The molecular weight excluding hydrogens is 274 g/mol. The van der Waals surface area contributed by atoms with Crippen LogP contribution in [0.1, 0.15) is 18.5 Å². The summed E-state index contributed by atoms with van der Waals surface area (Å²) in [4.78, 5) is 0. The molecule has 0 spiro atoms. The molecule has 0 radical (unpaired) electrons. The van der Waals surface area contributed by atoms with Gasteiger partial charge in [0.25, 0.3) is 0 Å². The number of ether oxygens (including phenoxy) is 1. The Hall–Kier alpha value is -2.68. The summed E-state index contributed by atoms with van der Waals surface area (Å²) in [6.45, 7) is 2.03. The van der Waals surface area contributed by atoms with Crippen molar-refractivity contribution in [3.63, 3.8) is 0 Å². The minimum atomic E-state index is -0.0169. The molecule has 0 aliphatic rings. The molecule has 3 nitrogen and oxygen atoms in total. The highest BCUT2D eigenvalue weighted by Crippen LogP contribution is 2.34. The Morgan fingerprint density at radius 3 is 2.64 bits per heavy atom. The molecule has 0 bridgehead atoms. The molecule has 1 atom stereocenters. The highest BCUT2D eigenvalue weighted by Gasteiger charge is 2.13. The molecule has 3 rings (SSSR count). The standard InChI is InChI=1S/C19H19NO2/c1-13(20-15-7-5-8-16(12-15)22-2)17-11-10-14-6-3-4-9-18(14)19(17)21/h3-13,20-21H,1-2H3. The van der Waals surface area contributed by atoms with E-state index in [4.69, 9.17) is 4.74 Å². The normalized spacial score (nSPS) is 12.1. The highest BCUT2D eigenvalue weighted by atomic mass is 16.5. The van der Waals surface area contributed by atoms with Crippen molar-refractivity contribution in [3.05, 3.63) is 66.2 Å². The van der Waals surface area contributed by atoms with Crippen molar-refractivity contribution in [2.24, 2.45) is 0 Å². The van der Waals surface area contributed by atoms with Crippen LogP contribution in [0.25, 0.3) is 10.8 Å². The van der Waals surface area contributed by atoms with Gasteiger partial charge in [0.05, 0.1) is 13.2 Å². The third-order valence-electron chi connectivity index (χ3n) is 3.85. The molecule has 22 heavy (non-hydrogen) atoms. The van der Waals surface area contributed by atoms with E-state index in [1.54, 1.807) is 7.11 Å². The molecule has 0 amide bonds. The summed E-state index contributed by atoms with van der Waals surface area (Å²) in [7, 11) is 1.65. The van der Waals surface area contributed by atoms with Gasteiger partial charge in [-0.05, 0) is 24.4 Å². The van der Waals surface area contributed by atoms with Crippen LogP contribution in [-0.4, -0.2) is 12.2 Å². The fraction of sp³-hybridized carbons (Fsp3) is 0.158. The van der Waals surface area contributed by atoms with Crippen LogP contribution in [0.4, 0.5) is 5.69 Å². The second-order valence-corrected chi connectivity index (χ2v) is 5.32. The van der Waals surface area contributed by atoms with Gasteiger partial charge in [-0.15, -0.1) is 0 Å². The zero-order valence-corrected chi connectivity index (χ0v) is 12.7. The van der Waals surface area contributed by atoms with Crippen LogP contribution in [0.5, 0.6) is 11.5 Å². The Balaban J connectivity index is 1.91. The largest absolute Gasteiger partial charge is 0.507 e. The van der Waals surface area contributed by atoms with Crippen LogP contribution in [0, 0.1) is 0 Å². The van der Waals surface area contributed by atoms with E-state index in [1.165, 1.54) is 0 Å². The van der Waals surface area contributed by atoms with E-state index in [1.807, 2.05) is 67.6 Å². The average molecular weight is 293 g/mol. The van der Waals surface area contributed by atoms with Crippen molar-refractivity contribution in [2.75, 3.05) is 12.4 Å². The predicted octanol–water partition coefficient (Wildman–Crippen LogP) is 4.73. The molecule has 112 valence electrons. The fourth-order valence-corrected chi connectivity index (χ4v) is 2.66. The lowest BCUT2D eigenvalue weighted by Crippen LogP contribution is -2.07. The smallest absolute Gasteiger partial charge is 0.128 e. The number of fused-ring (bicyclic) bond motifs is 1. The first kappa shape index (κ1) is 14.3. The van der Waals surface area contributed by atoms with Crippen LogP contribution in [0.15, 0.2) is 60.7 Å². The predicted molar refractivity (Wildman–Crippen MR) is 90.6 cm³/mol. The molecule has 3 heteroatoms. The van der Waals surface area contributed by atoms with Gasteiger partial charge < -0.3 is 15.2 Å². The number of benzene rings is 3. The number of phenols is 1. The summed E-state index contributed by atoms with van der Waals surface area (Å²) in [5, 5.41) is 15.8. The molecule has 2 N–H and O–H groups in total. The number of aromatic hydroxyl groups is 1. The zero-order valence-electron chi connectivity index (χ0n) is 12.7. The van der Waals surface area contributed by atoms with Crippen molar-refractivity contribution in [1.82, 2.24) is 0 Å². The summed E-state index contributed by atoms with van der Waals surface area (Å²) in [6.07, 6.45) is 0. The quantitative estimate of drug-likeness (QED) is 0.731. The van der Waals surface area contributed by atoms with Crippen LogP contribution in [0.3, 0.4) is 0 Å². The average Bonchev–Trinajstić information content (AvgIpc) is 2.55. The van der Waals surface area contributed by atoms with Gasteiger partial charge >= 0.3 is 0 Å². The van der Waals surface area contributed by atoms with E-state index < -0.39 is 0 Å². The third kappa shape index (κ3) is 2.70. The van der Waals surface area contributed by atoms with E-state index in [0.717, 1.165) is 27.8 Å². The zero-order chi connectivity index (χ0) is 15.5. The SMILES string of the molecule is COc1cccc(NC(C)c2ccc3ccccc3c2O)c1. The number of hydrogen-bond acceptors (Lipinski definition) is 3. The minimum Gasteiger partial charge on any atom is -0.507 e. The second kappa shape index (κ2) is 5.98. The Morgan fingerprint density at radius 2 is 1.82 bits per heavy atom. The number of anilines is 1. The third-order valence-corrected chi connectivity index (χ3v) is 3.85. The summed E-state index contributed by atoms with van der Waals surface area (Å²) in [6, 6.07) is 19.6. The van der Waals surface area contributed by atoms with Crippen molar-refractivity contribution >= 4 is 16.5 Å². The maximum Gasteiger partial charge on any atom is 0.128 e. The maximum absolute atomic E-state index is 10.5. The molecule has 0 saturated carbocycles. The molecule has 3 aromatic rings. The van der Waals surface area contributed by atoms with Gasteiger partial charge in [-0.1, -0.05) is 42.5 Å². The van der Waals surface area contributed by atoms with Crippen molar-refractivity contribution in [2.45, 2.75) is 13.0 Å². The van der Waals surface area contributed by atoms with Gasteiger partial charge in [-0.3, -0.25) is 0 Å². The van der Waals surface area contributed by atoms with Gasteiger partial charge in [0.2, 0.25) is 0 Å². The maximum atomic E-state index is 10.5. The second-order valence-electron chi connectivity index (χ2n) is 5.32. The van der Waals surface area contributed by atoms with E-state index in [9.17, 15) is 5.11 Å². The Kier molecular flexibility index (Phi) is 3.88. The molecule has 0 heterocycles. The molecule has 1 unspecified atom stereocenters. The molecule has 0 aliphatic heterocycles. The van der Waals surface area contributed by atoms with E-state index in [2.05, 4.69) is 5.32 Å². The lowest BCUT2D eigenvalue weighted by molar-refractivity contribution is 0.415. The van der Waals surface area contributed by atoms with Gasteiger partial charge in [-0.2, -0.15) is 0 Å². The lowest BCUT2D eigenvalue weighted by Gasteiger charge is -2.18. The Labute approximate surface area is 130 Å². The summed E-state index contributed by atoms with van der Waals surface area (Å²) in [5.74, 6) is 1.14. The fourth-order valence-electron chi connectivity index (χ4n) is 2.66. The minimum absolute atomic E-state index is 0.0169. The van der Waals surface area contributed by atoms with Crippen LogP contribution in [-0.2, 0) is 0 Å². The van der Waals surface area contributed by atoms with E-state index >= 15 is 0 Å². The number of hydrogen-bond donors (Lipinski definition) is 2. The molecule has 0 saturated heterocycles. The van der Waals surface area contributed by atoms with Crippen LogP contribution >= 0.6 is 0 Å². The van der Waals surface area contributed by atoms with Crippen molar-refractivity contribution in [3.8, 4) is 11.5 Å². The monoisotopic (exact) mass is 293 g/mol. The van der Waals surface area contributed by atoms with Gasteiger partial charge in [-0.25, -0.2) is 0 Å². The topological polar surface area (TPSA) is 41.5 Å². The highest BCUT2D eigenvalue weighted by molar-refractivity contribution is 5.89. The lowest BCUT2D eigenvalue weighted by atomic mass is 10.0. The van der Waals surface area contributed by atoms with Crippen molar-refractivity contribution in [1.29, 1.82) is 0 Å². The molecule has 0 aromatic heterocycles. The van der Waals surface area contributed by atoms with Gasteiger partial charge in [0, 0.05) is 22.7 Å². The van der Waals surface area contributed by atoms with Crippen molar-refractivity contribution < 1.29 is 9.84 Å². The Bertz CT molecular complexity index is 798. The first-order valence-electron chi connectivity index (χ1n) is 7.30.